The molecule has 1 fully saturated rings. The fourth-order valence-corrected chi connectivity index (χ4v) is 3.31. The maximum Gasteiger partial charge on any atom is 0.128 e. The molecule has 0 unspecified atom stereocenters. The molecule has 0 saturated heterocycles. The summed E-state index contributed by atoms with van der Waals surface area (Å²) in [6, 6.07) is 0.573. The van der Waals surface area contributed by atoms with Crippen LogP contribution >= 0.6 is 0 Å². The lowest BCUT2D eigenvalue weighted by Gasteiger charge is -2.28. The first-order chi connectivity index (χ1) is 9.63. The van der Waals surface area contributed by atoms with Gasteiger partial charge in [-0.2, -0.15) is 0 Å². The Morgan fingerprint density at radius 2 is 2.00 bits per heavy atom. The molecule has 0 aliphatic heterocycles. The molecule has 1 aromatic rings. The monoisotopic (exact) mass is 276 g/mol. The highest BCUT2D eigenvalue weighted by molar-refractivity contribution is 5.40. The highest BCUT2D eigenvalue weighted by atomic mass is 16.5. The normalized spacial score (nSPS) is 18.0. The summed E-state index contributed by atoms with van der Waals surface area (Å²) in [7, 11) is 1.73. The molecule has 0 amide bonds. The fourth-order valence-electron chi connectivity index (χ4n) is 3.31. The molecule has 1 aromatic heterocycles. The Labute approximate surface area is 123 Å². The Morgan fingerprint density at radius 3 is 2.65 bits per heavy atom. The van der Waals surface area contributed by atoms with Crippen LogP contribution in [0, 0.1) is 19.8 Å². The third kappa shape index (κ3) is 3.51. The molecule has 112 valence electrons. The highest BCUT2D eigenvalue weighted by Gasteiger charge is 2.20. The van der Waals surface area contributed by atoms with Crippen molar-refractivity contribution in [1.82, 2.24) is 10.3 Å². The van der Waals surface area contributed by atoms with Gasteiger partial charge in [-0.05, 0) is 39.5 Å². The first-order valence-corrected chi connectivity index (χ1v) is 7.86. The van der Waals surface area contributed by atoms with Gasteiger partial charge in [0.05, 0.1) is 12.8 Å². The van der Waals surface area contributed by atoms with Crippen molar-refractivity contribution in [2.24, 2.45) is 5.92 Å². The van der Waals surface area contributed by atoms with Crippen LogP contribution in [0.2, 0.25) is 0 Å². The van der Waals surface area contributed by atoms with E-state index in [4.69, 9.17) is 4.74 Å². The molecule has 2 rings (SSSR count). The summed E-state index contributed by atoms with van der Waals surface area (Å²) in [5, 5.41) is 3.66. The summed E-state index contributed by atoms with van der Waals surface area (Å²) in [6.07, 6.45) is 8.86. The van der Waals surface area contributed by atoms with Crippen molar-refractivity contribution < 1.29 is 4.74 Å². The summed E-state index contributed by atoms with van der Waals surface area (Å²) in [5.41, 5.74) is 3.38. The van der Waals surface area contributed by atoms with Crippen LogP contribution in [-0.4, -0.2) is 18.1 Å². The van der Waals surface area contributed by atoms with Gasteiger partial charge < -0.3 is 10.1 Å². The lowest BCUT2D eigenvalue weighted by molar-refractivity contribution is 0.280. The van der Waals surface area contributed by atoms with Gasteiger partial charge in [0.15, 0.2) is 0 Å². The van der Waals surface area contributed by atoms with Crippen molar-refractivity contribution in [1.29, 1.82) is 0 Å². The molecular weight excluding hydrogens is 248 g/mol. The molecule has 3 nitrogen and oxygen atoms in total. The van der Waals surface area contributed by atoms with E-state index in [-0.39, 0.29) is 0 Å². The number of ether oxygens (including phenoxy) is 1. The molecule has 1 aliphatic rings. The molecule has 0 aromatic carbocycles. The second kappa shape index (κ2) is 7.07. The Balaban J connectivity index is 1.96. The minimum absolute atomic E-state index is 0.573. The second-order valence-electron chi connectivity index (χ2n) is 6.11. The molecule has 1 heterocycles. The summed E-state index contributed by atoms with van der Waals surface area (Å²) in [6.45, 7) is 7.29. The van der Waals surface area contributed by atoms with Crippen LogP contribution < -0.4 is 10.1 Å². The molecule has 0 radical (unpaired) electrons. The Kier molecular flexibility index (Phi) is 5.41. The van der Waals surface area contributed by atoms with Crippen LogP contribution in [0.5, 0.6) is 5.75 Å². The molecule has 1 aliphatic carbocycles. The van der Waals surface area contributed by atoms with E-state index in [0.717, 1.165) is 35.0 Å². The summed E-state index contributed by atoms with van der Waals surface area (Å²) < 4.78 is 5.47. The summed E-state index contributed by atoms with van der Waals surface area (Å²) in [4.78, 5) is 4.56. The zero-order valence-corrected chi connectivity index (χ0v) is 13.3. The van der Waals surface area contributed by atoms with E-state index in [2.05, 4.69) is 24.1 Å². The standard InChI is InChI=1S/C17H28N2O/c1-12-10-19-16(13(2)17(12)20-4)11-18-14(3)15-8-6-5-7-9-15/h10,14-15,18H,5-9,11H2,1-4H3/t14-/m0/s1. The Hall–Kier alpha value is -1.09. The van der Waals surface area contributed by atoms with E-state index in [9.17, 15) is 0 Å². The topological polar surface area (TPSA) is 34.1 Å². The van der Waals surface area contributed by atoms with Gasteiger partial charge in [-0.3, -0.25) is 4.98 Å². The molecule has 1 N–H and O–H groups in total. The van der Waals surface area contributed by atoms with Crippen LogP contribution in [-0.2, 0) is 6.54 Å². The van der Waals surface area contributed by atoms with E-state index in [1.165, 1.54) is 32.1 Å². The van der Waals surface area contributed by atoms with Gasteiger partial charge >= 0.3 is 0 Å². The maximum absolute atomic E-state index is 5.47. The molecule has 3 heteroatoms. The van der Waals surface area contributed by atoms with E-state index < -0.39 is 0 Å². The van der Waals surface area contributed by atoms with E-state index in [1.54, 1.807) is 7.11 Å². The average Bonchev–Trinajstić information content (AvgIpc) is 2.47. The number of nitrogens with zero attached hydrogens (tertiary/aromatic N) is 1. The number of rotatable bonds is 5. The minimum Gasteiger partial charge on any atom is -0.496 e. The average molecular weight is 276 g/mol. The SMILES string of the molecule is COc1c(C)cnc(CN[C@@H](C)C2CCCCC2)c1C. The number of nitrogens with one attached hydrogen (secondary N) is 1. The number of aromatic nitrogens is 1. The van der Waals surface area contributed by atoms with E-state index >= 15 is 0 Å². The van der Waals surface area contributed by atoms with Crippen LogP contribution in [0.1, 0.15) is 55.8 Å². The number of pyridine rings is 1. The van der Waals surface area contributed by atoms with E-state index in [0.29, 0.717) is 6.04 Å². The molecule has 0 bridgehead atoms. The largest absolute Gasteiger partial charge is 0.496 e. The quantitative estimate of drug-likeness (QED) is 0.889. The minimum atomic E-state index is 0.573. The Morgan fingerprint density at radius 1 is 1.30 bits per heavy atom. The summed E-state index contributed by atoms with van der Waals surface area (Å²) in [5.74, 6) is 1.80. The van der Waals surface area contributed by atoms with Crippen molar-refractivity contribution in [3.63, 3.8) is 0 Å². The number of hydrogen-bond donors (Lipinski definition) is 1. The maximum atomic E-state index is 5.47. The highest BCUT2D eigenvalue weighted by Crippen LogP contribution is 2.27. The molecule has 1 atom stereocenters. The number of methoxy groups -OCH3 is 1. The molecule has 1 saturated carbocycles. The van der Waals surface area contributed by atoms with Crippen LogP contribution in [0.4, 0.5) is 0 Å². The van der Waals surface area contributed by atoms with Gasteiger partial charge in [-0.25, -0.2) is 0 Å². The van der Waals surface area contributed by atoms with Gasteiger partial charge in [-0.1, -0.05) is 19.3 Å². The van der Waals surface area contributed by atoms with Gasteiger partial charge in [0.1, 0.15) is 5.75 Å². The zero-order valence-electron chi connectivity index (χ0n) is 13.3. The first kappa shape index (κ1) is 15.3. The first-order valence-electron chi connectivity index (χ1n) is 7.86. The van der Waals surface area contributed by atoms with Crippen molar-refractivity contribution >= 4 is 0 Å². The van der Waals surface area contributed by atoms with Gasteiger partial charge in [-0.15, -0.1) is 0 Å². The third-order valence-electron chi connectivity index (χ3n) is 4.70. The van der Waals surface area contributed by atoms with Crippen LogP contribution in [0.3, 0.4) is 0 Å². The predicted octanol–water partition coefficient (Wildman–Crippen LogP) is 3.77. The van der Waals surface area contributed by atoms with Crippen LogP contribution in [0.25, 0.3) is 0 Å². The van der Waals surface area contributed by atoms with Crippen molar-refractivity contribution in [3.8, 4) is 5.75 Å². The summed E-state index contributed by atoms with van der Waals surface area (Å²) >= 11 is 0. The third-order valence-corrected chi connectivity index (χ3v) is 4.70. The van der Waals surface area contributed by atoms with Gasteiger partial charge in [0.25, 0.3) is 0 Å². The second-order valence-corrected chi connectivity index (χ2v) is 6.11. The smallest absolute Gasteiger partial charge is 0.128 e. The number of aryl methyl sites for hydroxylation is 1. The van der Waals surface area contributed by atoms with E-state index in [1.807, 2.05) is 13.1 Å². The zero-order chi connectivity index (χ0) is 14.5. The van der Waals surface area contributed by atoms with Gasteiger partial charge in [0.2, 0.25) is 0 Å². The lowest BCUT2D eigenvalue weighted by Crippen LogP contribution is -2.34. The molecule has 20 heavy (non-hydrogen) atoms. The molecular formula is C17H28N2O. The van der Waals surface area contributed by atoms with Crippen molar-refractivity contribution in [3.05, 3.63) is 23.0 Å². The fraction of sp³-hybridized carbons (Fsp3) is 0.706. The van der Waals surface area contributed by atoms with Gasteiger partial charge in [0, 0.05) is 29.9 Å². The molecule has 0 spiro atoms. The Bertz CT molecular complexity index is 439. The van der Waals surface area contributed by atoms with Crippen LogP contribution in [0.15, 0.2) is 6.20 Å². The van der Waals surface area contributed by atoms with Crippen molar-refractivity contribution in [2.45, 2.75) is 65.5 Å². The predicted molar refractivity (Wildman–Crippen MR) is 83.1 cm³/mol. The lowest BCUT2D eigenvalue weighted by atomic mass is 9.84. The van der Waals surface area contributed by atoms with Crippen molar-refractivity contribution in [2.75, 3.05) is 7.11 Å². The number of hydrogen-bond acceptors (Lipinski definition) is 3.